The molecule has 0 spiro atoms. The molecule has 0 N–H and O–H groups in total. The molecule has 1 aromatic heterocycles. The zero-order valence-electron chi connectivity index (χ0n) is 9.51. The number of hydrogen-bond acceptors (Lipinski definition) is 3. The van der Waals surface area contributed by atoms with Crippen molar-refractivity contribution >= 4 is 6.08 Å². The lowest BCUT2D eigenvalue weighted by Crippen LogP contribution is -2.31. The molecule has 3 aliphatic heterocycles. The van der Waals surface area contributed by atoms with E-state index in [0.717, 1.165) is 11.7 Å². The van der Waals surface area contributed by atoms with Gasteiger partial charge in [0, 0.05) is 12.6 Å². The van der Waals surface area contributed by atoms with E-state index in [1.807, 2.05) is 6.07 Å². The van der Waals surface area contributed by atoms with Crippen molar-refractivity contribution in [1.82, 2.24) is 10.1 Å². The Hall–Kier alpha value is -1.09. The van der Waals surface area contributed by atoms with Gasteiger partial charge in [0.15, 0.2) is 5.76 Å². The maximum Gasteiger partial charge on any atom is 0.159 e. The van der Waals surface area contributed by atoms with Crippen LogP contribution in [0.4, 0.5) is 0 Å². The summed E-state index contributed by atoms with van der Waals surface area (Å²) < 4.78 is 5.07. The van der Waals surface area contributed by atoms with Gasteiger partial charge < -0.3 is 9.42 Å². The van der Waals surface area contributed by atoms with Gasteiger partial charge in [0.1, 0.15) is 0 Å². The molecule has 0 radical (unpaired) electrons. The number of nitrogens with zero attached hydrogens (tertiary/aromatic N) is 2. The summed E-state index contributed by atoms with van der Waals surface area (Å²) in [5.41, 5.74) is 0. The van der Waals surface area contributed by atoms with E-state index >= 15 is 0 Å². The minimum atomic E-state index is 0.695. The summed E-state index contributed by atoms with van der Waals surface area (Å²) in [6.45, 7) is 3.83. The van der Waals surface area contributed by atoms with Crippen LogP contribution in [-0.2, 0) is 0 Å². The molecule has 3 aliphatic rings. The van der Waals surface area contributed by atoms with E-state index in [1.165, 1.54) is 38.9 Å². The van der Waals surface area contributed by atoms with Crippen LogP contribution in [0.5, 0.6) is 0 Å². The lowest BCUT2D eigenvalue weighted by atomic mass is 9.91. The fourth-order valence-corrected chi connectivity index (χ4v) is 2.92. The minimum Gasteiger partial charge on any atom is -0.357 e. The van der Waals surface area contributed by atoms with Crippen molar-refractivity contribution in [3.8, 4) is 0 Å². The van der Waals surface area contributed by atoms with Gasteiger partial charge in [-0.25, -0.2) is 0 Å². The van der Waals surface area contributed by atoms with Crippen LogP contribution in [0.15, 0.2) is 22.9 Å². The number of rotatable bonds is 2. The Labute approximate surface area is 96.1 Å². The average molecular weight is 218 g/mol. The summed E-state index contributed by atoms with van der Waals surface area (Å²) in [5.74, 6) is 2.51. The molecule has 16 heavy (non-hydrogen) atoms. The first kappa shape index (κ1) is 10.1. The Morgan fingerprint density at radius 1 is 1.38 bits per heavy atom. The summed E-state index contributed by atoms with van der Waals surface area (Å²) in [5, 5.41) is 3.71. The fraction of sp³-hybridized carbons (Fsp3) is 0.615. The molecular formula is C13H18N2O. The van der Waals surface area contributed by atoms with Gasteiger partial charge in [-0.15, -0.1) is 0 Å². The van der Waals surface area contributed by atoms with Crippen LogP contribution in [0.25, 0.3) is 6.08 Å². The molecule has 0 saturated carbocycles. The predicted molar refractivity (Wildman–Crippen MR) is 62.8 cm³/mol. The Balaban J connectivity index is 1.67. The van der Waals surface area contributed by atoms with Gasteiger partial charge in [0.25, 0.3) is 0 Å². The highest BCUT2D eigenvalue weighted by molar-refractivity contribution is 5.41. The predicted octanol–water partition coefficient (Wildman–Crippen LogP) is 2.42. The van der Waals surface area contributed by atoms with Crippen LogP contribution in [0, 0.1) is 11.8 Å². The molecule has 3 heteroatoms. The van der Waals surface area contributed by atoms with Crippen molar-refractivity contribution in [2.45, 2.75) is 19.3 Å². The van der Waals surface area contributed by atoms with Crippen LogP contribution in [0.3, 0.4) is 0 Å². The molecule has 1 aromatic rings. The monoisotopic (exact) mass is 218 g/mol. The third kappa shape index (κ3) is 2.19. The molecule has 3 saturated heterocycles. The first-order valence-corrected chi connectivity index (χ1v) is 6.21. The van der Waals surface area contributed by atoms with Crippen molar-refractivity contribution < 1.29 is 4.52 Å². The molecule has 1 unspecified atom stereocenters. The normalized spacial score (nSPS) is 34.4. The van der Waals surface area contributed by atoms with Gasteiger partial charge in [0.05, 0.1) is 6.20 Å². The Morgan fingerprint density at radius 2 is 2.25 bits per heavy atom. The van der Waals surface area contributed by atoms with Crippen molar-refractivity contribution in [1.29, 1.82) is 0 Å². The third-order valence-electron chi connectivity index (χ3n) is 3.83. The number of fused-ring (bicyclic) bond motifs is 4. The molecule has 0 aromatic carbocycles. The Bertz CT molecular complexity index is 336. The lowest BCUT2D eigenvalue weighted by Gasteiger charge is -2.26. The summed E-state index contributed by atoms with van der Waals surface area (Å²) in [7, 11) is 0. The number of hydrogen-bond donors (Lipinski definition) is 0. The van der Waals surface area contributed by atoms with E-state index in [4.69, 9.17) is 4.52 Å². The molecule has 86 valence electrons. The van der Waals surface area contributed by atoms with Crippen molar-refractivity contribution in [3.05, 3.63) is 24.1 Å². The maximum absolute atomic E-state index is 5.07. The maximum atomic E-state index is 5.07. The van der Waals surface area contributed by atoms with Gasteiger partial charge in [0.2, 0.25) is 0 Å². The molecule has 0 amide bonds. The second kappa shape index (κ2) is 4.42. The van der Waals surface area contributed by atoms with Crippen LogP contribution in [0.1, 0.15) is 25.0 Å². The summed E-state index contributed by atoms with van der Waals surface area (Å²) in [6.07, 6.45) is 10.2. The number of piperidine rings is 1. The third-order valence-corrected chi connectivity index (χ3v) is 3.83. The van der Waals surface area contributed by atoms with E-state index < -0.39 is 0 Å². The van der Waals surface area contributed by atoms with Gasteiger partial charge in [-0.2, -0.15) is 0 Å². The molecule has 4 heterocycles. The standard InChI is InChI=1S/C13H18N2O/c1(2-13-3-6-14-16-13)12-9-11-4-7-15(10-12)8-5-11/h1-3,6,11-12H,4-5,7-10H2. The quantitative estimate of drug-likeness (QED) is 0.763. The van der Waals surface area contributed by atoms with Crippen LogP contribution < -0.4 is 0 Å². The SMILES string of the molecule is C(=CC1CC2CCN(CC2)C1)c1ccno1. The Kier molecular flexibility index (Phi) is 2.79. The zero-order valence-corrected chi connectivity index (χ0v) is 9.51. The van der Waals surface area contributed by atoms with E-state index in [2.05, 4.69) is 22.2 Å². The molecule has 1 atom stereocenters. The van der Waals surface area contributed by atoms with Crippen LogP contribution in [0.2, 0.25) is 0 Å². The van der Waals surface area contributed by atoms with Crippen molar-refractivity contribution in [2.75, 3.05) is 19.6 Å². The molecular weight excluding hydrogens is 200 g/mol. The second-order valence-corrected chi connectivity index (χ2v) is 5.01. The van der Waals surface area contributed by atoms with E-state index in [1.54, 1.807) is 6.20 Å². The summed E-state index contributed by atoms with van der Waals surface area (Å²) in [6, 6.07) is 1.90. The molecule has 2 bridgehead atoms. The van der Waals surface area contributed by atoms with E-state index in [0.29, 0.717) is 5.92 Å². The summed E-state index contributed by atoms with van der Waals surface area (Å²) >= 11 is 0. The average Bonchev–Trinajstić information content (AvgIpc) is 2.66. The molecule has 4 rings (SSSR count). The van der Waals surface area contributed by atoms with Crippen LogP contribution >= 0.6 is 0 Å². The zero-order chi connectivity index (χ0) is 10.8. The first-order valence-electron chi connectivity index (χ1n) is 6.21. The molecule has 3 fully saturated rings. The lowest BCUT2D eigenvalue weighted by molar-refractivity contribution is 0.221. The van der Waals surface area contributed by atoms with E-state index in [9.17, 15) is 0 Å². The van der Waals surface area contributed by atoms with Gasteiger partial charge >= 0.3 is 0 Å². The smallest absolute Gasteiger partial charge is 0.159 e. The highest BCUT2D eigenvalue weighted by Gasteiger charge is 2.27. The summed E-state index contributed by atoms with van der Waals surface area (Å²) in [4.78, 5) is 2.60. The minimum absolute atomic E-state index is 0.695. The van der Waals surface area contributed by atoms with Gasteiger partial charge in [-0.1, -0.05) is 11.2 Å². The van der Waals surface area contributed by atoms with Crippen LogP contribution in [-0.4, -0.2) is 29.7 Å². The molecule has 3 nitrogen and oxygen atoms in total. The Morgan fingerprint density at radius 3 is 3.00 bits per heavy atom. The topological polar surface area (TPSA) is 29.3 Å². The van der Waals surface area contributed by atoms with Gasteiger partial charge in [-0.05, 0) is 50.3 Å². The van der Waals surface area contributed by atoms with E-state index in [-0.39, 0.29) is 0 Å². The number of aromatic nitrogens is 1. The highest BCUT2D eigenvalue weighted by Crippen LogP contribution is 2.30. The first-order chi connectivity index (χ1) is 7.90. The fourth-order valence-electron chi connectivity index (χ4n) is 2.92. The highest BCUT2D eigenvalue weighted by atomic mass is 16.5. The largest absolute Gasteiger partial charge is 0.357 e. The molecule has 0 aliphatic carbocycles. The van der Waals surface area contributed by atoms with Crippen molar-refractivity contribution in [2.24, 2.45) is 11.8 Å². The second-order valence-electron chi connectivity index (χ2n) is 5.01. The van der Waals surface area contributed by atoms with Gasteiger partial charge in [-0.3, -0.25) is 0 Å². The van der Waals surface area contributed by atoms with Crippen molar-refractivity contribution in [3.63, 3.8) is 0 Å².